The number of nitrogens with zero attached hydrogens (tertiary/aromatic N) is 1. The van der Waals surface area contributed by atoms with Gasteiger partial charge in [0, 0.05) is 25.9 Å². The van der Waals surface area contributed by atoms with Gasteiger partial charge in [0.25, 0.3) is 5.91 Å². The molecule has 0 aromatic carbocycles. The lowest BCUT2D eigenvalue weighted by Gasteiger charge is -2.43. The number of aryl methyl sites for hydroxylation is 2. The Labute approximate surface area is 118 Å². The van der Waals surface area contributed by atoms with E-state index in [4.69, 9.17) is 13.9 Å². The number of likely N-dealkylation sites (tertiary alicyclic amines) is 1. The van der Waals surface area contributed by atoms with Crippen LogP contribution in [-0.2, 0) is 9.47 Å². The van der Waals surface area contributed by atoms with Crippen LogP contribution in [0.25, 0.3) is 0 Å². The molecule has 0 radical (unpaired) electrons. The predicted molar refractivity (Wildman–Crippen MR) is 72.6 cm³/mol. The molecule has 1 spiro atoms. The Morgan fingerprint density at radius 1 is 1.20 bits per heavy atom. The first-order valence-electron chi connectivity index (χ1n) is 7.24. The molecule has 0 unspecified atom stereocenters. The maximum atomic E-state index is 12.5. The van der Waals surface area contributed by atoms with E-state index >= 15 is 0 Å². The van der Waals surface area contributed by atoms with E-state index in [1.165, 1.54) is 0 Å². The zero-order valence-electron chi connectivity index (χ0n) is 12.1. The average molecular weight is 279 g/mol. The summed E-state index contributed by atoms with van der Waals surface area (Å²) < 4.78 is 17.0. The fraction of sp³-hybridized carbons (Fsp3) is 0.667. The van der Waals surface area contributed by atoms with E-state index in [1.807, 2.05) is 24.8 Å². The van der Waals surface area contributed by atoms with Crippen molar-refractivity contribution in [1.82, 2.24) is 4.90 Å². The van der Waals surface area contributed by atoms with Gasteiger partial charge >= 0.3 is 0 Å². The third-order valence-electron chi connectivity index (χ3n) is 4.10. The largest absolute Gasteiger partial charge is 0.466 e. The molecule has 0 N–H and O–H groups in total. The number of ether oxygens (including phenoxy) is 2. The number of furan rings is 1. The van der Waals surface area contributed by atoms with Crippen molar-refractivity contribution in [2.75, 3.05) is 26.3 Å². The highest BCUT2D eigenvalue weighted by Gasteiger charge is 2.39. The maximum absolute atomic E-state index is 12.5. The maximum Gasteiger partial charge on any atom is 0.257 e. The second-order valence-electron chi connectivity index (χ2n) is 5.58. The highest BCUT2D eigenvalue weighted by molar-refractivity contribution is 5.95. The Morgan fingerprint density at radius 3 is 2.40 bits per heavy atom. The van der Waals surface area contributed by atoms with Crippen LogP contribution < -0.4 is 0 Å². The highest BCUT2D eigenvalue weighted by atomic mass is 16.7. The zero-order chi connectivity index (χ0) is 14.2. The Morgan fingerprint density at radius 2 is 1.85 bits per heavy atom. The molecule has 0 saturated carbocycles. The second kappa shape index (κ2) is 5.22. The molecule has 2 fully saturated rings. The van der Waals surface area contributed by atoms with E-state index in [2.05, 4.69) is 0 Å². The van der Waals surface area contributed by atoms with Crippen LogP contribution in [0.15, 0.2) is 10.5 Å². The monoisotopic (exact) mass is 279 g/mol. The van der Waals surface area contributed by atoms with Crippen molar-refractivity contribution in [2.24, 2.45) is 0 Å². The smallest absolute Gasteiger partial charge is 0.257 e. The lowest BCUT2D eigenvalue weighted by molar-refractivity contribution is -0.281. The van der Waals surface area contributed by atoms with Gasteiger partial charge < -0.3 is 18.8 Å². The molecule has 2 saturated heterocycles. The summed E-state index contributed by atoms with van der Waals surface area (Å²) in [6.07, 6.45) is 2.45. The van der Waals surface area contributed by atoms with Crippen LogP contribution in [0.3, 0.4) is 0 Å². The number of piperidine rings is 1. The van der Waals surface area contributed by atoms with Gasteiger partial charge in [0.15, 0.2) is 5.79 Å². The predicted octanol–water partition coefficient (Wildman–Crippen LogP) is 2.27. The van der Waals surface area contributed by atoms with Crippen molar-refractivity contribution < 1.29 is 18.7 Å². The molecule has 3 heterocycles. The van der Waals surface area contributed by atoms with Crippen LogP contribution in [0.4, 0.5) is 0 Å². The molecule has 3 rings (SSSR count). The van der Waals surface area contributed by atoms with E-state index in [-0.39, 0.29) is 5.91 Å². The second-order valence-corrected chi connectivity index (χ2v) is 5.58. The summed E-state index contributed by atoms with van der Waals surface area (Å²) in [5, 5.41) is 0. The molecule has 20 heavy (non-hydrogen) atoms. The Bertz CT molecular complexity index is 492. The van der Waals surface area contributed by atoms with Crippen LogP contribution in [0.5, 0.6) is 0 Å². The summed E-state index contributed by atoms with van der Waals surface area (Å²) in [4.78, 5) is 14.4. The minimum atomic E-state index is -0.448. The molecule has 5 heteroatoms. The molecule has 1 aromatic heterocycles. The molecule has 1 aromatic rings. The number of hydrogen-bond donors (Lipinski definition) is 0. The fourth-order valence-electron chi connectivity index (χ4n) is 2.97. The molecule has 2 aliphatic heterocycles. The first kappa shape index (κ1) is 13.6. The van der Waals surface area contributed by atoms with E-state index in [0.29, 0.717) is 24.4 Å². The van der Waals surface area contributed by atoms with Crippen molar-refractivity contribution >= 4 is 5.91 Å². The third-order valence-corrected chi connectivity index (χ3v) is 4.10. The van der Waals surface area contributed by atoms with E-state index < -0.39 is 5.79 Å². The van der Waals surface area contributed by atoms with Gasteiger partial charge in [-0.25, -0.2) is 0 Å². The van der Waals surface area contributed by atoms with Gasteiger partial charge in [-0.15, -0.1) is 0 Å². The van der Waals surface area contributed by atoms with Crippen LogP contribution in [0, 0.1) is 13.8 Å². The molecule has 1 amide bonds. The van der Waals surface area contributed by atoms with E-state index in [0.717, 1.165) is 38.2 Å². The van der Waals surface area contributed by atoms with Crippen LogP contribution in [0.1, 0.15) is 41.1 Å². The Kier molecular flexibility index (Phi) is 3.56. The molecule has 0 aliphatic carbocycles. The average Bonchev–Trinajstić information content (AvgIpc) is 2.79. The molecule has 110 valence electrons. The number of rotatable bonds is 1. The zero-order valence-corrected chi connectivity index (χ0v) is 12.1. The number of carbonyl (C=O) groups excluding carboxylic acids is 1. The fourth-order valence-corrected chi connectivity index (χ4v) is 2.97. The summed E-state index contributed by atoms with van der Waals surface area (Å²) >= 11 is 0. The lowest BCUT2D eigenvalue weighted by Crippen LogP contribution is -2.51. The van der Waals surface area contributed by atoms with Crippen LogP contribution in [0.2, 0.25) is 0 Å². The summed E-state index contributed by atoms with van der Waals surface area (Å²) in [6, 6.07) is 1.82. The quantitative estimate of drug-likeness (QED) is 0.791. The topological polar surface area (TPSA) is 51.9 Å². The summed E-state index contributed by atoms with van der Waals surface area (Å²) in [7, 11) is 0. The van der Waals surface area contributed by atoms with E-state index in [1.54, 1.807) is 0 Å². The van der Waals surface area contributed by atoms with Gasteiger partial charge in [0.05, 0.1) is 18.8 Å². The summed E-state index contributed by atoms with van der Waals surface area (Å²) in [6.45, 7) is 6.55. The Balaban J connectivity index is 1.66. The SMILES string of the molecule is Cc1cc(C(=O)N2CCC3(CC2)OCCCO3)c(C)o1. The van der Waals surface area contributed by atoms with Crippen molar-refractivity contribution in [2.45, 2.75) is 38.9 Å². The van der Waals surface area contributed by atoms with Gasteiger partial charge in [-0.1, -0.05) is 0 Å². The highest BCUT2D eigenvalue weighted by Crippen LogP contribution is 2.31. The molecule has 0 atom stereocenters. The van der Waals surface area contributed by atoms with Crippen LogP contribution in [-0.4, -0.2) is 42.9 Å². The van der Waals surface area contributed by atoms with Gasteiger partial charge in [-0.2, -0.15) is 0 Å². The van der Waals surface area contributed by atoms with Crippen molar-refractivity contribution in [3.63, 3.8) is 0 Å². The minimum Gasteiger partial charge on any atom is -0.466 e. The van der Waals surface area contributed by atoms with Gasteiger partial charge in [0.1, 0.15) is 11.5 Å². The van der Waals surface area contributed by atoms with Gasteiger partial charge in [-0.05, 0) is 26.3 Å². The molecular weight excluding hydrogens is 258 g/mol. The number of amides is 1. The van der Waals surface area contributed by atoms with Crippen molar-refractivity contribution in [1.29, 1.82) is 0 Å². The van der Waals surface area contributed by atoms with Crippen LogP contribution >= 0.6 is 0 Å². The molecule has 2 aliphatic rings. The van der Waals surface area contributed by atoms with Gasteiger partial charge in [0.2, 0.25) is 0 Å². The molecule has 0 bridgehead atoms. The molecule has 5 nitrogen and oxygen atoms in total. The first-order chi connectivity index (χ1) is 9.60. The summed E-state index contributed by atoms with van der Waals surface area (Å²) in [5.74, 6) is 1.07. The first-order valence-corrected chi connectivity index (χ1v) is 7.24. The third kappa shape index (κ3) is 2.47. The van der Waals surface area contributed by atoms with Crippen molar-refractivity contribution in [3.8, 4) is 0 Å². The summed E-state index contributed by atoms with van der Waals surface area (Å²) in [5.41, 5.74) is 0.670. The molecular formula is C15H21NO4. The van der Waals surface area contributed by atoms with Crippen molar-refractivity contribution in [3.05, 3.63) is 23.2 Å². The Hall–Kier alpha value is -1.33. The minimum absolute atomic E-state index is 0.0463. The lowest BCUT2D eigenvalue weighted by atomic mass is 10.0. The van der Waals surface area contributed by atoms with E-state index in [9.17, 15) is 4.79 Å². The van der Waals surface area contributed by atoms with Gasteiger partial charge in [-0.3, -0.25) is 4.79 Å². The standard InChI is InChI=1S/C15H21NO4/c1-11-10-13(12(2)20-11)14(17)16-6-4-15(5-7-16)18-8-3-9-19-15/h10H,3-9H2,1-2H3. The number of carbonyl (C=O) groups is 1. The number of hydrogen-bond acceptors (Lipinski definition) is 4. The normalized spacial score (nSPS) is 22.2.